The fourth-order valence-electron chi connectivity index (χ4n) is 2.83. The van der Waals surface area contributed by atoms with Gasteiger partial charge in [0.1, 0.15) is 18.8 Å². The van der Waals surface area contributed by atoms with Crippen LogP contribution in [0.4, 0.5) is 0 Å². The van der Waals surface area contributed by atoms with Crippen LogP contribution in [0.5, 0.6) is 0 Å². The van der Waals surface area contributed by atoms with Crippen LogP contribution in [0.1, 0.15) is 40.5 Å². The first-order valence-electron chi connectivity index (χ1n) is 8.68. The van der Waals surface area contributed by atoms with E-state index < -0.39 is 48.4 Å². The number of aliphatic carboxylic acids is 1. The summed E-state index contributed by atoms with van der Waals surface area (Å²) in [5, 5.41) is 11.4. The number of carbonyl (C=O) groups excluding carboxylic acids is 3. The molecule has 0 aromatic rings. The average Bonchev–Trinajstić information content (AvgIpc) is 2.54. The Labute approximate surface area is 157 Å². The third-order valence-corrected chi connectivity index (χ3v) is 3.99. The van der Waals surface area contributed by atoms with Crippen LogP contribution in [0.2, 0.25) is 0 Å². The number of amides is 1. The van der Waals surface area contributed by atoms with Crippen molar-refractivity contribution in [3.05, 3.63) is 0 Å². The Balaban J connectivity index is 2.92. The molecule has 1 fully saturated rings. The zero-order valence-corrected chi connectivity index (χ0v) is 15.9. The summed E-state index contributed by atoms with van der Waals surface area (Å²) in [7, 11) is 0. The second-order valence-corrected chi connectivity index (χ2v) is 6.37. The molecule has 0 spiro atoms. The molecule has 0 radical (unpaired) electrons. The fraction of sp³-hybridized carbons (Fsp3) is 0.765. The standard InChI is InChI=1S/C17H27NO9/c1-9-15(18-10(2)19)17(24-7-5-6-14(22)23)27-13(8-25-11(3)20)16(9)26-12(4)21/h9,13,15-17H,5-8H2,1-4H3,(H,18,19)(H,22,23). The molecule has 27 heavy (non-hydrogen) atoms. The van der Waals surface area contributed by atoms with Gasteiger partial charge in [0.05, 0.1) is 12.6 Å². The van der Waals surface area contributed by atoms with Crippen LogP contribution < -0.4 is 5.32 Å². The van der Waals surface area contributed by atoms with Gasteiger partial charge in [-0.2, -0.15) is 0 Å². The number of ether oxygens (including phenoxy) is 4. The van der Waals surface area contributed by atoms with Crippen molar-refractivity contribution >= 4 is 23.8 Å². The Morgan fingerprint density at radius 1 is 1.11 bits per heavy atom. The van der Waals surface area contributed by atoms with E-state index in [1.54, 1.807) is 6.92 Å². The van der Waals surface area contributed by atoms with E-state index in [0.717, 1.165) is 0 Å². The number of esters is 2. The monoisotopic (exact) mass is 389 g/mol. The lowest BCUT2D eigenvalue weighted by Gasteiger charge is -2.44. The van der Waals surface area contributed by atoms with E-state index in [4.69, 9.17) is 24.1 Å². The highest BCUT2D eigenvalue weighted by Gasteiger charge is 2.46. The number of carboxylic acids is 1. The maximum Gasteiger partial charge on any atom is 0.303 e. The molecule has 0 bridgehead atoms. The molecule has 1 rings (SSSR count). The highest BCUT2D eigenvalue weighted by Crippen LogP contribution is 2.29. The number of carbonyl (C=O) groups is 4. The molecule has 1 aliphatic rings. The first kappa shape index (κ1) is 22.8. The van der Waals surface area contributed by atoms with Gasteiger partial charge < -0.3 is 29.4 Å². The molecule has 0 aromatic heterocycles. The summed E-state index contributed by atoms with van der Waals surface area (Å²) < 4.78 is 21.7. The molecule has 154 valence electrons. The summed E-state index contributed by atoms with van der Waals surface area (Å²) in [5.74, 6) is -2.73. The maximum absolute atomic E-state index is 11.6. The molecule has 10 nitrogen and oxygen atoms in total. The number of nitrogens with one attached hydrogen (secondary N) is 1. The summed E-state index contributed by atoms with van der Waals surface area (Å²) >= 11 is 0. The minimum Gasteiger partial charge on any atom is -0.481 e. The third-order valence-electron chi connectivity index (χ3n) is 3.99. The zero-order valence-electron chi connectivity index (χ0n) is 15.9. The minimum absolute atomic E-state index is 0.0694. The number of hydrogen-bond donors (Lipinski definition) is 2. The first-order valence-corrected chi connectivity index (χ1v) is 8.68. The van der Waals surface area contributed by atoms with Crippen molar-refractivity contribution in [2.24, 2.45) is 5.92 Å². The number of hydrogen-bond acceptors (Lipinski definition) is 8. The molecule has 10 heteroatoms. The molecule has 5 unspecified atom stereocenters. The quantitative estimate of drug-likeness (QED) is 0.419. The summed E-state index contributed by atoms with van der Waals surface area (Å²) in [6, 6.07) is -0.634. The average molecular weight is 389 g/mol. The van der Waals surface area contributed by atoms with Crippen molar-refractivity contribution < 1.29 is 43.2 Å². The number of rotatable bonds is 9. The maximum atomic E-state index is 11.6. The van der Waals surface area contributed by atoms with E-state index in [0.29, 0.717) is 0 Å². The molecule has 1 heterocycles. The van der Waals surface area contributed by atoms with Crippen molar-refractivity contribution in [2.45, 2.75) is 65.1 Å². The van der Waals surface area contributed by atoms with Crippen molar-refractivity contribution in [2.75, 3.05) is 13.2 Å². The lowest BCUT2D eigenvalue weighted by molar-refractivity contribution is -0.262. The van der Waals surface area contributed by atoms with Crippen LogP contribution in [0, 0.1) is 5.92 Å². The molecule has 1 amide bonds. The van der Waals surface area contributed by atoms with E-state index in [1.807, 2.05) is 0 Å². The molecule has 1 saturated heterocycles. The van der Waals surface area contributed by atoms with E-state index in [1.165, 1.54) is 20.8 Å². The Morgan fingerprint density at radius 2 is 1.78 bits per heavy atom. The van der Waals surface area contributed by atoms with Crippen LogP contribution in [-0.2, 0) is 38.1 Å². The van der Waals surface area contributed by atoms with Gasteiger partial charge in [0.25, 0.3) is 0 Å². The van der Waals surface area contributed by atoms with Gasteiger partial charge in [0, 0.05) is 33.1 Å². The van der Waals surface area contributed by atoms with Gasteiger partial charge in [0.2, 0.25) is 5.91 Å². The molecule has 5 atom stereocenters. The smallest absolute Gasteiger partial charge is 0.303 e. The van der Waals surface area contributed by atoms with Crippen LogP contribution in [0.25, 0.3) is 0 Å². The van der Waals surface area contributed by atoms with Gasteiger partial charge in [-0.3, -0.25) is 19.2 Å². The fourth-order valence-corrected chi connectivity index (χ4v) is 2.83. The van der Waals surface area contributed by atoms with Crippen LogP contribution >= 0.6 is 0 Å². The second-order valence-electron chi connectivity index (χ2n) is 6.37. The lowest BCUT2D eigenvalue weighted by Crippen LogP contribution is -2.62. The second kappa shape index (κ2) is 10.8. The van der Waals surface area contributed by atoms with Gasteiger partial charge in [-0.25, -0.2) is 0 Å². The SMILES string of the molecule is CC(=O)NC1C(OCCCC(=O)O)OC(COC(C)=O)C(OC(C)=O)C1C. The normalized spacial score (nSPS) is 27.5. The van der Waals surface area contributed by atoms with Crippen molar-refractivity contribution in [3.63, 3.8) is 0 Å². The first-order chi connectivity index (χ1) is 12.6. The van der Waals surface area contributed by atoms with Crippen molar-refractivity contribution in [1.29, 1.82) is 0 Å². The Bertz CT molecular complexity index is 549. The third kappa shape index (κ3) is 7.92. The zero-order chi connectivity index (χ0) is 20.6. The number of carboxylic acid groups (broad SMARTS) is 1. The van der Waals surface area contributed by atoms with E-state index in [-0.39, 0.29) is 32.0 Å². The Hall–Kier alpha value is -2.20. The van der Waals surface area contributed by atoms with E-state index in [9.17, 15) is 19.2 Å². The summed E-state index contributed by atoms with van der Waals surface area (Å²) in [5.41, 5.74) is 0. The molecule has 0 aliphatic carbocycles. The van der Waals surface area contributed by atoms with Gasteiger partial charge in [-0.15, -0.1) is 0 Å². The van der Waals surface area contributed by atoms with Crippen LogP contribution in [-0.4, -0.2) is 66.7 Å². The molecule has 0 aromatic carbocycles. The van der Waals surface area contributed by atoms with E-state index >= 15 is 0 Å². The topological polar surface area (TPSA) is 137 Å². The van der Waals surface area contributed by atoms with Gasteiger partial charge in [0.15, 0.2) is 6.29 Å². The lowest BCUT2D eigenvalue weighted by atomic mass is 9.88. The molecule has 0 saturated carbocycles. The summed E-state index contributed by atoms with van der Waals surface area (Å²) in [4.78, 5) is 44.8. The van der Waals surface area contributed by atoms with Gasteiger partial charge in [-0.05, 0) is 6.42 Å². The highest BCUT2D eigenvalue weighted by atomic mass is 16.7. The van der Waals surface area contributed by atoms with Gasteiger partial charge in [-0.1, -0.05) is 6.92 Å². The summed E-state index contributed by atoms with van der Waals surface area (Å²) in [6.07, 6.45) is -2.27. The molecular weight excluding hydrogens is 362 g/mol. The highest BCUT2D eigenvalue weighted by molar-refractivity contribution is 5.73. The molecule has 1 aliphatic heterocycles. The van der Waals surface area contributed by atoms with Gasteiger partial charge >= 0.3 is 17.9 Å². The summed E-state index contributed by atoms with van der Waals surface area (Å²) in [6.45, 7) is 5.52. The van der Waals surface area contributed by atoms with Crippen LogP contribution in [0.3, 0.4) is 0 Å². The molecule has 2 N–H and O–H groups in total. The van der Waals surface area contributed by atoms with Crippen molar-refractivity contribution in [3.8, 4) is 0 Å². The molecular formula is C17H27NO9. The van der Waals surface area contributed by atoms with E-state index in [2.05, 4.69) is 5.32 Å². The van der Waals surface area contributed by atoms with Crippen molar-refractivity contribution in [1.82, 2.24) is 5.32 Å². The minimum atomic E-state index is -0.947. The van der Waals surface area contributed by atoms with Crippen LogP contribution in [0.15, 0.2) is 0 Å². The largest absolute Gasteiger partial charge is 0.481 e. The predicted octanol–water partition coefficient (Wildman–Crippen LogP) is 0.228. The Kier molecular flexibility index (Phi) is 9.16. The predicted molar refractivity (Wildman–Crippen MR) is 90.4 cm³/mol. The Morgan fingerprint density at radius 3 is 2.30 bits per heavy atom.